The Morgan fingerprint density at radius 3 is 3.11 bits per heavy atom. The molecule has 2 N–H and O–H groups in total. The molecule has 0 bridgehead atoms. The molecule has 0 atom stereocenters. The summed E-state index contributed by atoms with van der Waals surface area (Å²) in [6.07, 6.45) is 1.37. The molecular weight excluding hydrogens is 122 g/mol. The van der Waals surface area contributed by atoms with E-state index < -0.39 is 5.91 Å². The number of carbonyl (C=O) groups excluding carboxylic acids is 1. The molecule has 1 aromatic rings. The minimum Gasteiger partial charge on any atom is -0.369 e. The molecule has 0 radical (unpaired) electrons. The summed E-state index contributed by atoms with van der Waals surface area (Å²) in [4.78, 5) is 10.2. The molecule has 5 heteroatoms. The predicted octanol–water partition coefficient (Wildman–Crippen LogP) is -0.903. The van der Waals surface area contributed by atoms with E-state index in [0.29, 0.717) is 5.69 Å². The smallest absolute Gasteiger partial charge is 0.223 e. The molecule has 5 nitrogen and oxygen atoms in total. The SMILES string of the molecule is NC(=O)Cc1conn1. The van der Waals surface area contributed by atoms with Crippen LogP contribution in [0.15, 0.2) is 10.8 Å². The highest BCUT2D eigenvalue weighted by molar-refractivity contribution is 5.75. The second kappa shape index (κ2) is 2.25. The molecule has 0 saturated heterocycles. The minimum atomic E-state index is -0.439. The third-order valence-corrected chi connectivity index (χ3v) is 0.761. The van der Waals surface area contributed by atoms with Crippen molar-refractivity contribution < 1.29 is 9.32 Å². The van der Waals surface area contributed by atoms with Gasteiger partial charge in [0.1, 0.15) is 12.0 Å². The predicted molar refractivity (Wildman–Crippen MR) is 27.2 cm³/mol. The lowest BCUT2D eigenvalue weighted by Crippen LogP contribution is -2.13. The third kappa shape index (κ3) is 1.52. The van der Waals surface area contributed by atoms with Crippen molar-refractivity contribution in [1.29, 1.82) is 0 Å². The second-order valence-electron chi connectivity index (χ2n) is 1.54. The number of rotatable bonds is 2. The minimum absolute atomic E-state index is 0.0868. The number of hydrogen-bond acceptors (Lipinski definition) is 4. The van der Waals surface area contributed by atoms with Gasteiger partial charge >= 0.3 is 0 Å². The summed E-state index contributed by atoms with van der Waals surface area (Å²) in [7, 11) is 0. The van der Waals surface area contributed by atoms with Gasteiger partial charge in [-0.3, -0.25) is 4.79 Å². The molecule has 9 heavy (non-hydrogen) atoms. The summed E-state index contributed by atoms with van der Waals surface area (Å²) in [6.45, 7) is 0. The van der Waals surface area contributed by atoms with Gasteiger partial charge in [-0.05, 0) is 0 Å². The zero-order valence-electron chi connectivity index (χ0n) is 4.57. The monoisotopic (exact) mass is 127 g/mol. The Bertz CT molecular complexity index is 194. The van der Waals surface area contributed by atoms with Crippen LogP contribution in [0.5, 0.6) is 0 Å². The van der Waals surface area contributed by atoms with E-state index in [-0.39, 0.29) is 6.42 Å². The molecule has 0 spiro atoms. The first-order chi connectivity index (χ1) is 4.29. The van der Waals surface area contributed by atoms with E-state index in [2.05, 4.69) is 14.9 Å². The normalized spacial score (nSPS) is 9.33. The van der Waals surface area contributed by atoms with Crippen molar-refractivity contribution in [3.8, 4) is 0 Å². The lowest BCUT2D eigenvalue weighted by Gasteiger charge is -1.82. The molecule has 0 fully saturated rings. The fourth-order valence-corrected chi connectivity index (χ4v) is 0.440. The van der Waals surface area contributed by atoms with Crippen LogP contribution in [-0.2, 0) is 11.2 Å². The lowest BCUT2D eigenvalue weighted by molar-refractivity contribution is -0.117. The number of carbonyl (C=O) groups is 1. The van der Waals surface area contributed by atoms with Gasteiger partial charge in [-0.1, -0.05) is 0 Å². The fourth-order valence-electron chi connectivity index (χ4n) is 0.440. The first-order valence-electron chi connectivity index (χ1n) is 2.33. The van der Waals surface area contributed by atoms with Crippen LogP contribution in [0.4, 0.5) is 0 Å². The summed E-state index contributed by atoms with van der Waals surface area (Å²) < 4.78 is 4.35. The first kappa shape index (κ1) is 5.74. The standard InChI is InChI=1S/C4H5N3O2/c5-4(8)1-3-2-9-7-6-3/h2H,1H2,(H2,5,8). The van der Waals surface area contributed by atoms with Crippen molar-refractivity contribution in [3.05, 3.63) is 12.0 Å². The molecule has 0 unspecified atom stereocenters. The molecule has 1 amide bonds. The van der Waals surface area contributed by atoms with Gasteiger partial charge in [0.05, 0.1) is 6.42 Å². The molecule has 0 saturated carbocycles. The fraction of sp³-hybridized carbons (Fsp3) is 0.250. The maximum absolute atomic E-state index is 10.2. The zero-order chi connectivity index (χ0) is 6.69. The van der Waals surface area contributed by atoms with Crippen LogP contribution in [0, 0.1) is 0 Å². The van der Waals surface area contributed by atoms with E-state index in [9.17, 15) is 4.79 Å². The van der Waals surface area contributed by atoms with Crippen molar-refractivity contribution in [2.75, 3.05) is 0 Å². The maximum Gasteiger partial charge on any atom is 0.223 e. The summed E-state index contributed by atoms with van der Waals surface area (Å²) >= 11 is 0. The summed E-state index contributed by atoms with van der Waals surface area (Å²) in [5.74, 6) is -0.439. The van der Waals surface area contributed by atoms with E-state index in [4.69, 9.17) is 5.73 Å². The molecule has 1 aromatic heterocycles. The molecule has 0 aliphatic heterocycles. The molecule has 1 rings (SSSR count). The average molecular weight is 127 g/mol. The Labute approximate surface area is 50.8 Å². The van der Waals surface area contributed by atoms with E-state index in [0.717, 1.165) is 0 Å². The van der Waals surface area contributed by atoms with Crippen molar-refractivity contribution in [3.63, 3.8) is 0 Å². The van der Waals surface area contributed by atoms with Crippen LogP contribution in [0.25, 0.3) is 0 Å². The number of nitrogens with two attached hydrogens (primary N) is 1. The third-order valence-electron chi connectivity index (χ3n) is 0.761. The molecule has 48 valence electrons. The molecule has 0 aliphatic rings. The van der Waals surface area contributed by atoms with E-state index in [1.54, 1.807) is 0 Å². The Kier molecular flexibility index (Phi) is 1.44. The number of primary amides is 1. The highest BCUT2D eigenvalue weighted by Crippen LogP contribution is 1.90. The van der Waals surface area contributed by atoms with Crippen molar-refractivity contribution in [2.24, 2.45) is 5.73 Å². The van der Waals surface area contributed by atoms with Gasteiger partial charge in [0, 0.05) is 5.27 Å². The number of amides is 1. The summed E-state index contributed by atoms with van der Waals surface area (Å²) in [5, 5.41) is 6.58. The molecule has 1 heterocycles. The van der Waals surface area contributed by atoms with Gasteiger partial charge in [-0.2, -0.15) is 0 Å². The van der Waals surface area contributed by atoms with Gasteiger partial charge < -0.3 is 10.3 Å². The van der Waals surface area contributed by atoms with Crippen molar-refractivity contribution in [1.82, 2.24) is 10.4 Å². The Morgan fingerprint density at radius 1 is 1.89 bits per heavy atom. The Balaban J connectivity index is 2.58. The van der Waals surface area contributed by atoms with Gasteiger partial charge in [-0.15, -0.1) is 5.10 Å². The van der Waals surface area contributed by atoms with Gasteiger partial charge in [-0.25, -0.2) is 0 Å². The Hall–Kier alpha value is -1.39. The van der Waals surface area contributed by atoms with Gasteiger partial charge in [0.15, 0.2) is 0 Å². The van der Waals surface area contributed by atoms with Crippen LogP contribution in [0.2, 0.25) is 0 Å². The summed E-state index contributed by atoms with van der Waals surface area (Å²) in [6, 6.07) is 0. The number of hydrogen-bond donors (Lipinski definition) is 1. The Morgan fingerprint density at radius 2 is 2.67 bits per heavy atom. The number of nitrogens with zero attached hydrogens (tertiary/aromatic N) is 2. The zero-order valence-corrected chi connectivity index (χ0v) is 4.57. The summed E-state index contributed by atoms with van der Waals surface area (Å²) in [5.41, 5.74) is 5.30. The first-order valence-corrected chi connectivity index (χ1v) is 2.33. The second-order valence-corrected chi connectivity index (χ2v) is 1.54. The quantitative estimate of drug-likeness (QED) is 0.558. The van der Waals surface area contributed by atoms with Crippen LogP contribution in [0.1, 0.15) is 5.69 Å². The largest absolute Gasteiger partial charge is 0.369 e. The maximum atomic E-state index is 10.2. The lowest BCUT2D eigenvalue weighted by atomic mass is 10.3. The van der Waals surface area contributed by atoms with Crippen LogP contribution in [-0.4, -0.2) is 16.3 Å². The number of aromatic nitrogens is 2. The molecular formula is C4H5N3O2. The van der Waals surface area contributed by atoms with Crippen LogP contribution in [0.3, 0.4) is 0 Å². The molecule has 0 aliphatic carbocycles. The topological polar surface area (TPSA) is 82.0 Å². The van der Waals surface area contributed by atoms with E-state index in [1.165, 1.54) is 6.26 Å². The van der Waals surface area contributed by atoms with Crippen LogP contribution >= 0.6 is 0 Å². The van der Waals surface area contributed by atoms with E-state index >= 15 is 0 Å². The van der Waals surface area contributed by atoms with Crippen molar-refractivity contribution >= 4 is 5.91 Å². The van der Waals surface area contributed by atoms with E-state index in [1.807, 2.05) is 0 Å². The van der Waals surface area contributed by atoms with Gasteiger partial charge in [0.25, 0.3) is 0 Å². The van der Waals surface area contributed by atoms with Crippen LogP contribution < -0.4 is 5.73 Å². The van der Waals surface area contributed by atoms with Crippen molar-refractivity contribution in [2.45, 2.75) is 6.42 Å². The average Bonchev–Trinajstić information content (AvgIpc) is 2.15. The highest BCUT2D eigenvalue weighted by atomic mass is 16.5. The molecule has 0 aromatic carbocycles. The van der Waals surface area contributed by atoms with Gasteiger partial charge in [0.2, 0.25) is 5.91 Å². The highest BCUT2D eigenvalue weighted by Gasteiger charge is 2.00.